The van der Waals surface area contributed by atoms with Gasteiger partial charge in [0.05, 0.1) is 19.0 Å². The molecule has 0 unspecified atom stereocenters. The molecule has 0 bridgehead atoms. The lowest BCUT2D eigenvalue weighted by atomic mass is 10.0. The number of alkyl halides is 1. The summed E-state index contributed by atoms with van der Waals surface area (Å²) in [5.41, 5.74) is 0. The Kier molecular flexibility index (Phi) is 28.3. The first-order valence-electron chi connectivity index (χ1n) is 15.6. The fraction of sp³-hybridized carbons (Fsp3) is 1.00. The van der Waals surface area contributed by atoms with E-state index in [1.807, 2.05) is 0 Å². The van der Waals surface area contributed by atoms with Crippen LogP contribution in [0.15, 0.2) is 0 Å². The summed E-state index contributed by atoms with van der Waals surface area (Å²) in [6.45, 7) is 2.44. The van der Waals surface area contributed by atoms with Crippen LogP contribution in [0.25, 0.3) is 0 Å². The zero-order valence-corrected chi connectivity index (χ0v) is 24.3. The molecule has 0 saturated carbocycles. The third-order valence-electron chi connectivity index (χ3n) is 7.04. The molecule has 3 nitrogen and oxygen atoms in total. The molecular weight excluding hydrogens is 459 g/mol. The van der Waals surface area contributed by atoms with Crippen molar-refractivity contribution in [3.63, 3.8) is 0 Å². The van der Waals surface area contributed by atoms with Gasteiger partial charge in [-0.3, -0.25) is 8.57 Å². The molecule has 0 aliphatic carbocycles. The maximum atomic E-state index is 12.0. The Labute approximate surface area is 219 Å². The van der Waals surface area contributed by atoms with E-state index >= 15 is 0 Å². The van der Waals surface area contributed by atoms with Gasteiger partial charge in [0.25, 0.3) is 10.1 Å². The van der Waals surface area contributed by atoms with Gasteiger partial charge in [-0.2, -0.15) is 8.42 Å². The quantitative estimate of drug-likeness (QED) is 0.0698. The smallest absolute Gasteiger partial charge is 0.267 e. The Bertz CT molecular complexity index is 496. The van der Waals surface area contributed by atoms with E-state index in [4.69, 9.17) is 4.18 Å². The molecular formula is C30H61FO3S. The summed E-state index contributed by atoms with van der Waals surface area (Å²) >= 11 is 0. The summed E-state index contributed by atoms with van der Waals surface area (Å²) in [7, 11) is -3.34. The molecule has 0 amide bonds. The predicted octanol–water partition coefficient (Wildman–Crippen LogP) is 10.5. The Morgan fingerprint density at radius 3 is 1.14 bits per heavy atom. The topological polar surface area (TPSA) is 43.4 Å². The van der Waals surface area contributed by atoms with Crippen LogP contribution in [0.4, 0.5) is 4.39 Å². The predicted molar refractivity (Wildman–Crippen MR) is 151 cm³/mol. The van der Waals surface area contributed by atoms with E-state index in [9.17, 15) is 12.8 Å². The van der Waals surface area contributed by atoms with Crippen LogP contribution in [0.1, 0.15) is 174 Å². The molecule has 35 heavy (non-hydrogen) atoms. The summed E-state index contributed by atoms with van der Waals surface area (Å²) in [5.74, 6) is 0.162. The lowest BCUT2D eigenvalue weighted by Gasteiger charge is -2.06. The molecule has 0 atom stereocenters. The van der Waals surface area contributed by atoms with Crippen LogP contribution >= 0.6 is 0 Å². The van der Waals surface area contributed by atoms with E-state index < -0.39 is 10.1 Å². The molecule has 0 aromatic heterocycles. The minimum Gasteiger partial charge on any atom is -0.270 e. The average Bonchev–Trinajstić information content (AvgIpc) is 2.84. The van der Waals surface area contributed by atoms with Crippen molar-refractivity contribution in [2.45, 2.75) is 174 Å². The molecule has 5 heteroatoms. The molecule has 0 aromatic rings. The summed E-state index contributed by atoms with van der Waals surface area (Å²) in [5, 5.41) is 0. The molecule has 0 spiro atoms. The number of unbranched alkanes of at least 4 members (excludes halogenated alkanes) is 24. The van der Waals surface area contributed by atoms with Gasteiger partial charge in [0, 0.05) is 0 Å². The normalized spacial score (nSPS) is 11.9. The minimum atomic E-state index is -3.34. The van der Waals surface area contributed by atoms with Crippen molar-refractivity contribution in [1.82, 2.24) is 0 Å². The van der Waals surface area contributed by atoms with Crippen LogP contribution in [0.5, 0.6) is 0 Å². The maximum Gasteiger partial charge on any atom is 0.267 e. The second-order valence-electron chi connectivity index (χ2n) is 10.6. The monoisotopic (exact) mass is 520 g/mol. The van der Waals surface area contributed by atoms with Gasteiger partial charge in [-0.15, -0.1) is 0 Å². The Morgan fingerprint density at radius 1 is 0.457 bits per heavy atom. The van der Waals surface area contributed by atoms with Gasteiger partial charge in [0.1, 0.15) is 0 Å². The molecule has 0 aromatic carbocycles. The third kappa shape index (κ3) is 30.0. The van der Waals surface area contributed by atoms with Crippen LogP contribution in [0, 0.1) is 0 Å². The van der Waals surface area contributed by atoms with Gasteiger partial charge < -0.3 is 0 Å². The Morgan fingerprint density at radius 2 is 0.771 bits per heavy atom. The fourth-order valence-corrected chi connectivity index (χ4v) is 5.73. The van der Waals surface area contributed by atoms with Crippen LogP contribution < -0.4 is 0 Å². The molecule has 0 radical (unpaired) electrons. The number of hydrogen-bond acceptors (Lipinski definition) is 3. The van der Waals surface area contributed by atoms with E-state index in [1.165, 1.54) is 116 Å². The highest BCUT2D eigenvalue weighted by atomic mass is 32.2. The largest absolute Gasteiger partial charge is 0.270 e. The number of hydrogen-bond donors (Lipinski definition) is 0. The van der Waals surface area contributed by atoms with Gasteiger partial charge in [-0.25, -0.2) is 0 Å². The third-order valence-corrected chi connectivity index (χ3v) is 8.35. The lowest BCUT2D eigenvalue weighted by molar-refractivity contribution is 0.305. The van der Waals surface area contributed by atoms with Gasteiger partial charge >= 0.3 is 0 Å². The minimum absolute atomic E-state index is 0.162. The average molecular weight is 521 g/mol. The van der Waals surface area contributed by atoms with E-state index in [-0.39, 0.29) is 12.4 Å². The molecule has 0 rings (SSSR count). The zero-order chi connectivity index (χ0) is 25.7. The van der Waals surface area contributed by atoms with E-state index in [0.717, 1.165) is 38.5 Å². The molecule has 0 heterocycles. The van der Waals surface area contributed by atoms with Crippen molar-refractivity contribution in [2.75, 3.05) is 19.0 Å². The first-order valence-corrected chi connectivity index (χ1v) is 17.1. The molecule has 212 valence electrons. The maximum absolute atomic E-state index is 12.0. The van der Waals surface area contributed by atoms with Crippen molar-refractivity contribution >= 4 is 10.1 Å². The number of halogens is 1. The fourth-order valence-electron chi connectivity index (χ4n) is 4.68. The highest BCUT2D eigenvalue weighted by molar-refractivity contribution is 7.86. The van der Waals surface area contributed by atoms with Crippen LogP contribution in [0.3, 0.4) is 0 Å². The Hall–Kier alpha value is -0.160. The second kappa shape index (κ2) is 28.4. The van der Waals surface area contributed by atoms with Crippen molar-refractivity contribution in [3.8, 4) is 0 Å². The SMILES string of the molecule is CCCCCCCCCCCCCCCCCCOS(=O)(=O)CCCCCCCCCCCCF. The highest BCUT2D eigenvalue weighted by Gasteiger charge is 2.10. The lowest BCUT2D eigenvalue weighted by Crippen LogP contribution is -2.11. The van der Waals surface area contributed by atoms with Crippen LogP contribution in [-0.2, 0) is 14.3 Å². The van der Waals surface area contributed by atoms with Crippen molar-refractivity contribution in [3.05, 3.63) is 0 Å². The van der Waals surface area contributed by atoms with Gasteiger partial charge in [0.15, 0.2) is 0 Å². The van der Waals surface area contributed by atoms with Gasteiger partial charge in [-0.05, 0) is 19.3 Å². The van der Waals surface area contributed by atoms with Crippen molar-refractivity contribution < 1.29 is 17.0 Å². The second-order valence-corrected chi connectivity index (χ2v) is 12.4. The highest BCUT2D eigenvalue weighted by Crippen LogP contribution is 2.14. The Balaban J connectivity index is 3.28. The van der Waals surface area contributed by atoms with Crippen LogP contribution in [-0.4, -0.2) is 27.5 Å². The van der Waals surface area contributed by atoms with E-state index in [0.29, 0.717) is 19.4 Å². The summed E-state index contributed by atoms with van der Waals surface area (Å²) in [6.07, 6.45) is 31.5. The van der Waals surface area contributed by atoms with E-state index in [2.05, 4.69) is 6.92 Å². The van der Waals surface area contributed by atoms with Crippen molar-refractivity contribution in [1.29, 1.82) is 0 Å². The van der Waals surface area contributed by atoms with E-state index in [1.54, 1.807) is 0 Å². The summed E-state index contributed by atoms with van der Waals surface area (Å²) < 4.78 is 41.2. The summed E-state index contributed by atoms with van der Waals surface area (Å²) in [4.78, 5) is 0. The molecule has 0 aliphatic heterocycles. The first kappa shape index (κ1) is 34.8. The van der Waals surface area contributed by atoms with Crippen LogP contribution in [0.2, 0.25) is 0 Å². The van der Waals surface area contributed by atoms with Gasteiger partial charge in [0.2, 0.25) is 0 Å². The molecule has 0 fully saturated rings. The molecule has 0 aliphatic rings. The molecule has 0 N–H and O–H groups in total. The van der Waals surface area contributed by atoms with Crippen molar-refractivity contribution in [2.24, 2.45) is 0 Å². The van der Waals surface area contributed by atoms with Gasteiger partial charge in [-0.1, -0.05) is 155 Å². The zero-order valence-electron chi connectivity index (χ0n) is 23.5. The summed E-state index contributed by atoms with van der Waals surface area (Å²) in [6, 6.07) is 0. The standard InChI is InChI=1S/C30H61FO3S/c1-2-3-4-5-6-7-8-9-10-11-12-14-17-20-23-26-29-34-35(32,33)30-27-24-21-18-15-13-16-19-22-25-28-31/h2-30H2,1H3. The molecule has 0 saturated heterocycles. The first-order chi connectivity index (χ1) is 17.1. The number of rotatable bonds is 30.